The first-order valence-corrected chi connectivity index (χ1v) is 24.7. The van der Waals surface area contributed by atoms with E-state index >= 15 is 0 Å². The van der Waals surface area contributed by atoms with Gasteiger partial charge in [-0.2, -0.15) is 0 Å². The molecule has 70 heavy (non-hydrogen) atoms. The van der Waals surface area contributed by atoms with Crippen LogP contribution in [0.4, 0.5) is 0 Å². The van der Waals surface area contributed by atoms with E-state index in [2.05, 4.69) is 46.1 Å². The fraction of sp³-hybridized carbons (Fsp3) is 0.627. The summed E-state index contributed by atoms with van der Waals surface area (Å²) in [6.45, 7) is 5.13. The number of aromatic nitrogens is 4. The van der Waals surface area contributed by atoms with Gasteiger partial charge in [0.1, 0.15) is 49.1 Å². The predicted molar refractivity (Wildman–Crippen MR) is 249 cm³/mol. The van der Waals surface area contributed by atoms with Crippen molar-refractivity contribution in [1.29, 1.82) is 0 Å². The Morgan fingerprint density at radius 3 is 2.37 bits per heavy atom. The molecule has 2 aromatic carbocycles. The van der Waals surface area contributed by atoms with Crippen LogP contribution in [0.1, 0.15) is 99.7 Å². The summed E-state index contributed by atoms with van der Waals surface area (Å²) >= 11 is 0. The van der Waals surface area contributed by atoms with Crippen molar-refractivity contribution in [2.24, 2.45) is 17.8 Å². The third kappa shape index (κ3) is 12.1. The lowest BCUT2D eigenvalue weighted by Crippen LogP contribution is -2.64. The van der Waals surface area contributed by atoms with Gasteiger partial charge in [0.15, 0.2) is 24.8 Å². The van der Waals surface area contributed by atoms with Gasteiger partial charge in [-0.05, 0) is 93.5 Å². The largest absolute Gasteiger partial charge is 0.479 e. The van der Waals surface area contributed by atoms with Gasteiger partial charge in [0.05, 0.1) is 42.4 Å². The van der Waals surface area contributed by atoms with E-state index in [1.54, 1.807) is 22.9 Å². The molecule has 4 aromatic rings. The average Bonchev–Trinajstić information content (AvgIpc) is 3.98. The molecule has 2 saturated carbocycles. The molecule has 382 valence electrons. The van der Waals surface area contributed by atoms with Gasteiger partial charge in [0.25, 0.3) is 0 Å². The molecule has 19 nitrogen and oxygen atoms in total. The van der Waals surface area contributed by atoms with E-state index in [1.807, 2.05) is 19.3 Å². The quantitative estimate of drug-likeness (QED) is 0.0732. The molecule has 2 saturated heterocycles. The van der Waals surface area contributed by atoms with Gasteiger partial charge in [-0.1, -0.05) is 74.1 Å². The Labute approximate surface area is 406 Å². The molecule has 0 amide bonds. The number of aliphatic hydroxyl groups excluding tert-OH is 5. The number of carboxylic acid groups (broad SMARTS) is 1. The number of ether oxygens (including phenoxy) is 6. The second-order valence-corrected chi connectivity index (χ2v) is 19.8. The van der Waals surface area contributed by atoms with Crippen molar-refractivity contribution < 1.29 is 73.4 Å². The lowest BCUT2D eigenvalue weighted by atomic mass is 9.75. The molecule has 19 heteroatoms. The third-order valence-electron chi connectivity index (χ3n) is 14.6. The molecule has 15 atom stereocenters. The molecule has 0 radical (unpaired) electrons. The first-order chi connectivity index (χ1) is 33.7. The summed E-state index contributed by atoms with van der Waals surface area (Å²) in [5.41, 5.74) is 3.12. The van der Waals surface area contributed by atoms with Gasteiger partial charge in [-0.3, -0.25) is 4.79 Å². The second-order valence-electron chi connectivity index (χ2n) is 19.8. The minimum atomic E-state index is -1.68. The molecule has 6 N–H and O–H groups in total. The van der Waals surface area contributed by atoms with E-state index in [-0.39, 0.29) is 36.5 Å². The second kappa shape index (κ2) is 23.3. The highest BCUT2D eigenvalue weighted by atomic mass is 16.7. The van der Waals surface area contributed by atoms with E-state index in [9.17, 15) is 45.0 Å². The number of aliphatic carboxylic acids is 1. The number of carbonyl (C=O) groups excluding carboxylic acids is 2. The lowest BCUT2D eigenvalue weighted by molar-refractivity contribution is -0.349. The Kier molecular flexibility index (Phi) is 17.2. The van der Waals surface area contributed by atoms with Crippen LogP contribution in [0.2, 0.25) is 0 Å². The number of rotatable bonds is 19. The van der Waals surface area contributed by atoms with Crippen LogP contribution in [0.3, 0.4) is 0 Å². The summed E-state index contributed by atoms with van der Waals surface area (Å²) in [7, 11) is 0. The van der Waals surface area contributed by atoms with E-state index in [0.29, 0.717) is 25.9 Å². The first-order valence-electron chi connectivity index (χ1n) is 24.7. The van der Waals surface area contributed by atoms with E-state index in [0.717, 1.165) is 48.7 Å². The molecule has 4 aliphatic rings. The van der Waals surface area contributed by atoms with Crippen LogP contribution in [0.25, 0.3) is 10.9 Å². The molecular formula is C51H68N4O15. The van der Waals surface area contributed by atoms with Crippen LogP contribution < -0.4 is 0 Å². The normalized spacial score (nSPS) is 32.4. The SMILES string of the molecule is Cc1ccc2c(ccn2Cn2cc(CCCC(=O)C3CC(C)[C@@H](O[C@@H]4OC(C)[C@@H](O)[C@H](O)C4O)[C@H](O[C@@H]4O[C@@H](CO)[C@H](O)C(O[C@@H](CC5CCCCC5)C(=O)O)C4OC(=O)c4ccccc4)C3)nn2)c1. The minimum absolute atomic E-state index is 0.0361. The molecule has 2 aliphatic carbocycles. The van der Waals surface area contributed by atoms with E-state index < -0.39 is 110 Å². The number of ketones is 1. The summed E-state index contributed by atoms with van der Waals surface area (Å²) in [6, 6.07) is 16.3. The topological polar surface area (TPSA) is 264 Å². The highest BCUT2D eigenvalue weighted by molar-refractivity contribution is 5.89. The zero-order chi connectivity index (χ0) is 49.6. The fourth-order valence-electron chi connectivity index (χ4n) is 10.6. The number of esters is 1. The number of aryl methyl sites for hydroxylation is 2. The van der Waals surface area contributed by atoms with Crippen molar-refractivity contribution in [2.75, 3.05) is 6.61 Å². The maximum absolute atomic E-state index is 14.2. The zero-order valence-electron chi connectivity index (χ0n) is 39.9. The zero-order valence-corrected chi connectivity index (χ0v) is 39.9. The molecule has 0 spiro atoms. The Balaban J connectivity index is 1.02. The van der Waals surface area contributed by atoms with Crippen molar-refractivity contribution in [1.82, 2.24) is 19.6 Å². The van der Waals surface area contributed by atoms with Crippen LogP contribution in [0.5, 0.6) is 0 Å². The average molecular weight is 977 g/mol. The molecule has 4 fully saturated rings. The highest BCUT2D eigenvalue weighted by Crippen LogP contribution is 2.40. The van der Waals surface area contributed by atoms with E-state index in [4.69, 9.17) is 28.4 Å². The van der Waals surface area contributed by atoms with Crippen LogP contribution in [-0.4, -0.2) is 154 Å². The number of fused-ring (bicyclic) bond motifs is 1. The fourth-order valence-corrected chi connectivity index (χ4v) is 10.6. The molecule has 0 bridgehead atoms. The van der Waals surface area contributed by atoms with Crippen molar-refractivity contribution in [3.8, 4) is 0 Å². The van der Waals surface area contributed by atoms with Crippen LogP contribution in [-0.2, 0) is 51.1 Å². The van der Waals surface area contributed by atoms with Gasteiger partial charge in [0, 0.05) is 24.1 Å². The van der Waals surface area contributed by atoms with Crippen LogP contribution in [0.15, 0.2) is 67.0 Å². The summed E-state index contributed by atoms with van der Waals surface area (Å²) in [5.74, 6) is -3.19. The van der Waals surface area contributed by atoms with Crippen LogP contribution >= 0.6 is 0 Å². The first kappa shape index (κ1) is 51.7. The molecule has 8 rings (SSSR count). The minimum Gasteiger partial charge on any atom is -0.479 e. The molecule has 6 unspecified atom stereocenters. The number of carboxylic acids is 1. The Hall–Kier alpha value is -4.67. The number of carbonyl (C=O) groups is 3. The van der Waals surface area contributed by atoms with E-state index in [1.165, 1.54) is 24.6 Å². The molecule has 2 aromatic heterocycles. The summed E-state index contributed by atoms with van der Waals surface area (Å²) in [4.78, 5) is 40.9. The van der Waals surface area contributed by atoms with Crippen LogP contribution in [0, 0.1) is 24.7 Å². The number of nitrogens with zero attached hydrogens (tertiary/aromatic N) is 4. The summed E-state index contributed by atoms with van der Waals surface area (Å²) < 4.78 is 41.4. The van der Waals surface area contributed by atoms with Gasteiger partial charge >= 0.3 is 11.9 Å². The Bertz CT molecular complexity index is 2360. The van der Waals surface area contributed by atoms with Gasteiger partial charge in [-0.15, -0.1) is 5.10 Å². The molecule has 4 heterocycles. The smallest absolute Gasteiger partial charge is 0.338 e. The van der Waals surface area contributed by atoms with Crippen molar-refractivity contribution in [2.45, 2.75) is 178 Å². The van der Waals surface area contributed by atoms with Gasteiger partial charge in [-0.25, -0.2) is 14.3 Å². The summed E-state index contributed by atoms with van der Waals surface area (Å²) in [5, 5.41) is 74.8. The highest BCUT2D eigenvalue weighted by Gasteiger charge is 2.54. The van der Waals surface area contributed by atoms with Gasteiger partial charge in [0.2, 0.25) is 0 Å². The number of benzene rings is 2. The lowest BCUT2D eigenvalue weighted by Gasteiger charge is -2.48. The molecular weight excluding hydrogens is 909 g/mol. The number of hydrogen-bond acceptors (Lipinski definition) is 16. The van der Waals surface area contributed by atoms with Crippen molar-refractivity contribution in [3.63, 3.8) is 0 Å². The third-order valence-corrected chi connectivity index (χ3v) is 14.6. The van der Waals surface area contributed by atoms with Crippen molar-refractivity contribution in [3.05, 3.63) is 83.8 Å². The molecule has 2 aliphatic heterocycles. The van der Waals surface area contributed by atoms with Crippen molar-refractivity contribution >= 4 is 28.6 Å². The predicted octanol–water partition coefficient (Wildman–Crippen LogP) is 3.70. The Morgan fingerprint density at radius 1 is 0.857 bits per heavy atom. The maximum atomic E-state index is 14.2. The Morgan fingerprint density at radius 2 is 1.63 bits per heavy atom. The number of Topliss-reactive ketones (excluding diaryl/α,β-unsaturated/α-hetero) is 1. The standard InChI is InChI=1S/C51H68N4O15/c1-28-17-18-36-33(21-28)19-20-54(36)27-55-25-35(52-53-55)15-10-16-37(57)34-22-29(2)45(70-50-44(61)43(60)41(58)30(3)65-50)38(24-34)67-51-47(69-49(64)32-13-8-5-9-14-32)46(42(59)40(26-56)68-51)66-39(48(62)63)23-31-11-6-4-7-12-31/h5,8-9,13-14,17-21,25,29-31,34,38-47,50-51,56,58-61H,4,6-7,10-12,15-16,22-24,26-27H2,1-3H3,(H,62,63)/t29?,30?,34?,38-,39+,40+,41-,42+,43+,44?,45-,46?,47?,50+,51-/m1/s1. The monoisotopic (exact) mass is 976 g/mol. The summed E-state index contributed by atoms with van der Waals surface area (Å²) in [6.07, 6.45) is -8.32. The number of aliphatic hydroxyl groups is 5. The maximum Gasteiger partial charge on any atom is 0.338 e. The van der Waals surface area contributed by atoms with Gasteiger partial charge < -0.3 is 63.6 Å². The number of hydrogen-bond donors (Lipinski definition) is 6.